The molecule has 1 atom stereocenters. The largest absolute Gasteiger partial charge is 0.471 e. The quantitative estimate of drug-likeness (QED) is 0.487. The van der Waals surface area contributed by atoms with Gasteiger partial charge in [-0.15, -0.1) is 0 Å². The maximum atomic E-state index is 12.5. The first kappa shape index (κ1) is 19.0. The number of unbranched alkanes of at least 4 members (excludes halogenated alkanes) is 4. The van der Waals surface area contributed by atoms with Crippen LogP contribution in [0.4, 0.5) is 13.2 Å². The van der Waals surface area contributed by atoms with E-state index in [1.165, 1.54) is 6.42 Å². The number of amides is 1. The van der Waals surface area contributed by atoms with Crippen molar-refractivity contribution in [3.8, 4) is 0 Å². The molecule has 0 bridgehead atoms. The second kappa shape index (κ2) is 9.90. The van der Waals surface area contributed by atoms with Crippen molar-refractivity contribution in [1.29, 1.82) is 0 Å². The van der Waals surface area contributed by atoms with Gasteiger partial charge in [0.25, 0.3) is 0 Å². The fourth-order valence-electron chi connectivity index (χ4n) is 2.98. The van der Waals surface area contributed by atoms with Crippen LogP contribution in [0.25, 0.3) is 0 Å². The van der Waals surface area contributed by atoms with Crippen molar-refractivity contribution in [3.63, 3.8) is 0 Å². The molecular weight excluding hydrogens is 291 g/mol. The van der Waals surface area contributed by atoms with Crippen LogP contribution >= 0.6 is 0 Å². The predicted octanol–water partition coefficient (Wildman–Crippen LogP) is 5.14. The summed E-state index contributed by atoms with van der Waals surface area (Å²) in [6.07, 6.45) is 9.31. The summed E-state index contributed by atoms with van der Waals surface area (Å²) in [4.78, 5) is 11.2. The average molecular weight is 319 g/mol. The monoisotopic (exact) mass is 319 g/mol. The van der Waals surface area contributed by atoms with Crippen LogP contribution in [0.1, 0.15) is 71.1 Å². The molecule has 1 amide bonds. The Morgan fingerprint density at radius 1 is 1.18 bits per heavy atom. The molecule has 0 unspecified atom stereocenters. The van der Waals surface area contributed by atoms with E-state index in [-0.39, 0.29) is 5.92 Å². The molecular formula is C17H28F3NO. The van der Waals surface area contributed by atoms with E-state index in [1.54, 1.807) is 6.08 Å². The van der Waals surface area contributed by atoms with Gasteiger partial charge in [-0.3, -0.25) is 4.79 Å². The second-order valence-electron chi connectivity index (χ2n) is 6.17. The normalized spacial score (nSPS) is 18.5. The Bertz CT molecular complexity index is 346. The molecule has 0 heterocycles. The highest BCUT2D eigenvalue weighted by molar-refractivity contribution is 5.82. The summed E-state index contributed by atoms with van der Waals surface area (Å²) >= 11 is 0. The van der Waals surface area contributed by atoms with Gasteiger partial charge in [-0.05, 0) is 31.6 Å². The fraction of sp³-hybridized carbons (Fsp3) is 0.824. The van der Waals surface area contributed by atoms with Crippen LogP contribution in [0, 0.1) is 5.92 Å². The molecule has 128 valence electrons. The molecule has 1 rings (SSSR count). The molecule has 0 aliphatic heterocycles. The minimum absolute atomic E-state index is 0.131. The standard InChI is InChI=1S/C17H28F3NO/c1-2-3-4-5-6-10-13-15(14-11-8-7-9-12-14)21-16(22)17(18,19)20/h10,13-15H,2-9,11-12H2,1H3,(H,21,22)/b13-10+/t15-/m0/s1. The summed E-state index contributed by atoms with van der Waals surface area (Å²) in [5.41, 5.74) is 0. The molecule has 0 aromatic rings. The molecule has 1 aliphatic rings. The molecule has 0 aromatic heterocycles. The van der Waals surface area contributed by atoms with E-state index >= 15 is 0 Å². The van der Waals surface area contributed by atoms with Gasteiger partial charge in [0.2, 0.25) is 0 Å². The first-order valence-electron chi connectivity index (χ1n) is 8.49. The van der Waals surface area contributed by atoms with Gasteiger partial charge in [-0.25, -0.2) is 0 Å². The number of rotatable bonds is 8. The van der Waals surface area contributed by atoms with Crippen LogP contribution in [0.2, 0.25) is 0 Å². The number of halogens is 3. The third kappa shape index (κ3) is 7.32. The van der Waals surface area contributed by atoms with Gasteiger partial charge in [0.1, 0.15) is 0 Å². The highest BCUT2D eigenvalue weighted by Gasteiger charge is 2.40. The van der Waals surface area contributed by atoms with Gasteiger partial charge in [0, 0.05) is 0 Å². The van der Waals surface area contributed by atoms with Crippen molar-refractivity contribution in [2.75, 3.05) is 0 Å². The maximum absolute atomic E-state index is 12.5. The third-order valence-corrected chi connectivity index (χ3v) is 4.28. The fourth-order valence-corrected chi connectivity index (χ4v) is 2.98. The first-order chi connectivity index (χ1) is 10.4. The Kier molecular flexibility index (Phi) is 8.57. The van der Waals surface area contributed by atoms with Crippen molar-refractivity contribution >= 4 is 5.91 Å². The van der Waals surface area contributed by atoms with Crippen LogP contribution in [-0.4, -0.2) is 18.1 Å². The van der Waals surface area contributed by atoms with Gasteiger partial charge in [-0.1, -0.05) is 57.6 Å². The van der Waals surface area contributed by atoms with Crippen molar-refractivity contribution in [2.45, 2.75) is 83.4 Å². The lowest BCUT2D eigenvalue weighted by Crippen LogP contribution is -2.46. The Hall–Kier alpha value is -1.00. The molecule has 1 fully saturated rings. The number of allylic oxidation sites excluding steroid dienone is 1. The lowest BCUT2D eigenvalue weighted by atomic mass is 9.83. The summed E-state index contributed by atoms with van der Waals surface area (Å²) < 4.78 is 37.4. The number of nitrogens with one attached hydrogen (secondary N) is 1. The lowest BCUT2D eigenvalue weighted by Gasteiger charge is -2.29. The van der Waals surface area contributed by atoms with Gasteiger partial charge < -0.3 is 5.32 Å². The molecule has 5 heteroatoms. The number of alkyl halides is 3. The summed E-state index contributed by atoms with van der Waals surface area (Å²) in [6, 6.07) is -0.486. The third-order valence-electron chi connectivity index (χ3n) is 4.28. The minimum atomic E-state index is -4.80. The molecule has 1 N–H and O–H groups in total. The number of carbonyl (C=O) groups excluding carboxylic acids is 1. The van der Waals surface area contributed by atoms with Crippen LogP contribution in [0.3, 0.4) is 0 Å². The van der Waals surface area contributed by atoms with E-state index in [1.807, 2.05) is 6.08 Å². The van der Waals surface area contributed by atoms with E-state index in [4.69, 9.17) is 0 Å². The summed E-state index contributed by atoms with van der Waals surface area (Å²) in [7, 11) is 0. The van der Waals surface area contributed by atoms with E-state index in [9.17, 15) is 18.0 Å². The molecule has 1 saturated carbocycles. The number of hydrogen-bond acceptors (Lipinski definition) is 1. The highest BCUT2D eigenvalue weighted by atomic mass is 19.4. The second-order valence-corrected chi connectivity index (χ2v) is 6.17. The average Bonchev–Trinajstić information content (AvgIpc) is 2.49. The molecule has 1 aliphatic carbocycles. The Morgan fingerprint density at radius 3 is 2.45 bits per heavy atom. The van der Waals surface area contributed by atoms with E-state index < -0.39 is 18.1 Å². The Morgan fingerprint density at radius 2 is 1.86 bits per heavy atom. The summed E-state index contributed by atoms with van der Waals surface area (Å²) in [5.74, 6) is -1.69. The number of hydrogen-bond donors (Lipinski definition) is 1. The SMILES string of the molecule is CCCCCC/C=C/[C@H](NC(=O)C(F)(F)F)C1CCCCC1. The van der Waals surface area contributed by atoms with Crippen LogP contribution in [-0.2, 0) is 4.79 Å². The van der Waals surface area contributed by atoms with Crippen molar-refractivity contribution in [1.82, 2.24) is 5.32 Å². The lowest BCUT2D eigenvalue weighted by molar-refractivity contribution is -0.174. The van der Waals surface area contributed by atoms with Crippen molar-refractivity contribution in [2.24, 2.45) is 5.92 Å². The topological polar surface area (TPSA) is 29.1 Å². The zero-order chi connectivity index (χ0) is 16.4. The highest BCUT2D eigenvalue weighted by Crippen LogP contribution is 2.28. The van der Waals surface area contributed by atoms with Gasteiger partial charge >= 0.3 is 12.1 Å². The van der Waals surface area contributed by atoms with Crippen LogP contribution in [0.15, 0.2) is 12.2 Å². The van der Waals surface area contributed by atoms with Crippen LogP contribution < -0.4 is 5.32 Å². The summed E-state index contributed by atoms with van der Waals surface area (Å²) in [6.45, 7) is 2.14. The Balaban J connectivity index is 2.53. The maximum Gasteiger partial charge on any atom is 0.471 e. The van der Waals surface area contributed by atoms with Gasteiger partial charge in [0.15, 0.2) is 0 Å². The number of carbonyl (C=O) groups is 1. The molecule has 0 saturated heterocycles. The first-order valence-corrected chi connectivity index (χ1v) is 8.49. The van der Waals surface area contributed by atoms with E-state index in [2.05, 4.69) is 12.2 Å². The molecule has 22 heavy (non-hydrogen) atoms. The molecule has 0 aromatic carbocycles. The molecule has 0 radical (unpaired) electrons. The molecule has 2 nitrogen and oxygen atoms in total. The van der Waals surface area contributed by atoms with Gasteiger partial charge in [-0.2, -0.15) is 13.2 Å². The van der Waals surface area contributed by atoms with Crippen LogP contribution in [0.5, 0.6) is 0 Å². The summed E-state index contributed by atoms with van der Waals surface area (Å²) in [5, 5.41) is 2.18. The predicted molar refractivity (Wildman–Crippen MR) is 82.5 cm³/mol. The smallest absolute Gasteiger partial charge is 0.342 e. The minimum Gasteiger partial charge on any atom is -0.342 e. The molecule has 0 spiro atoms. The zero-order valence-corrected chi connectivity index (χ0v) is 13.4. The Labute approximate surface area is 131 Å². The van der Waals surface area contributed by atoms with Gasteiger partial charge in [0.05, 0.1) is 6.04 Å². The van der Waals surface area contributed by atoms with E-state index in [0.29, 0.717) is 0 Å². The zero-order valence-electron chi connectivity index (χ0n) is 13.4. The van der Waals surface area contributed by atoms with Crippen molar-refractivity contribution in [3.05, 3.63) is 12.2 Å². The van der Waals surface area contributed by atoms with E-state index in [0.717, 1.165) is 57.8 Å². The van der Waals surface area contributed by atoms with Crippen molar-refractivity contribution < 1.29 is 18.0 Å².